The van der Waals surface area contributed by atoms with E-state index in [0.29, 0.717) is 26.2 Å². The Labute approximate surface area is 129 Å². The van der Waals surface area contributed by atoms with Gasteiger partial charge in [-0.1, -0.05) is 0 Å². The van der Waals surface area contributed by atoms with Crippen LogP contribution in [0.25, 0.3) is 0 Å². The Morgan fingerprint density at radius 2 is 1.15 bits per heavy atom. The number of amides is 4. The van der Waals surface area contributed by atoms with E-state index >= 15 is 0 Å². The molecule has 2 aliphatic heterocycles. The van der Waals surface area contributed by atoms with Gasteiger partial charge in [-0.25, -0.2) is 23.2 Å². The number of nitrogens with zero attached hydrogens (tertiary/aromatic N) is 2. The van der Waals surface area contributed by atoms with Crippen molar-refractivity contribution < 1.29 is 13.8 Å². The fourth-order valence-corrected chi connectivity index (χ4v) is 4.28. The van der Waals surface area contributed by atoms with Crippen LogP contribution in [0.1, 0.15) is 0 Å². The number of rotatable bonds is 2. The summed E-state index contributed by atoms with van der Waals surface area (Å²) in [6.45, 7) is 2.58. The second-order valence-electron chi connectivity index (χ2n) is 4.28. The van der Waals surface area contributed by atoms with Gasteiger partial charge in [-0.2, -0.15) is 23.5 Å². The van der Waals surface area contributed by atoms with E-state index in [4.69, 9.17) is 0 Å². The summed E-state index contributed by atoms with van der Waals surface area (Å²) >= 11 is 1.70. The first-order chi connectivity index (χ1) is 9.66. The molecule has 0 aromatic heterocycles. The largest absolute Gasteiger partial charge is 0.330 e. The molecule has 2 rings (SSSR count). The number of carbonyl (C=O) groups is 2. The summed E-state index contributed by atoms with van der Waals surface area (Å²) in [4.78, 5) is 26.8. The van der Waals surface area contributed by atoms with Gasteiger partial charge in [0.15, 0.2) is 0 Å². The molecule has 2 saturated heterocycles. The monoisotopic (exact) mass is 338 g/mol. The fraction of sp³-hybridized carbons (Fsp3) is 0.800. The lowest BCUT2D eigenvalue weighted by Gasteiger charge is -2.27. The van der Waals surface area contributed by atoms with Crippen LogP contribution in [0.2, 0.25) is 0 Å². The maximum atomic E-state index is 11.8. The Kier molecular flexibility index (Phi) is 6.30. The van der Waals surface area contributed by atoms with Gasteiger partial charge in [0.1, 0.15) is 0 Å². The van der Waals surface area contributed by atoms with Crippen molar-refractivity contribution in [2.75, 3.05) is 49.2 Å². The molecule has 2 N–H and O–H groups in total. The first kappa shape index (κ1) is 15.8. The van der Waals surface area contributed by atoms with Crippen LogP contribution in [0.15, 0.2) is 0 Å². The molecule has 0 aliphatic carbocycles. The van der Waals surface area contributed by atoms with Crippen molar-refractivity contribution in [1.29, 1.82) is 0 Å². The molecule has 2 fully saturated rings. The first-order valence-corrected chi connectivity index (χ1v) is 9.81. The van der Waals surface area contributed by atoms with Crippen LogP contribution < -0.4 is 9.44 Å². The number of hydrogen-bond acceptors (Lipinski definition) is 5. The minimum atomic E-state index is -1.88. The second-order valence-corrected chi connectivity index (χ2v) is 7.68. The van der Waals surface area contributed by atoms with Crippen LogP contribution in [0, 0.1) is 0 Å². The lowest BCUT2D eigenvalue weighted by molar-refractivity contribution is 0.208. The first-order valence-electron chi connectivity index (χ1n) is 6.35. The predicted molar refractivity (Wildman–Crippen MR) is 83.0 cm³/mol. The van der Waals surface area contributed by atoms with Crippen molar-refractivity contribution in [2.45, 2.75) is 0 Å². The molecule has 0 radical (unpaired) electrons. The van der Waals surface area contributed by atoms with Crippen LogP contribution in [-0.2, 0) is 11.2 Å². The van der Waals surface area contributed by atoms with Gasteiger partial charge in [0, 0.05) is 49.2 Å². The molecule has 0 bridgehead atoms. The molecular weight excluding hydrogens is 320 g/mol. The average molecular weight is 338 g/mol. The van der Waals surface area contributed by atoms with Gasteiger partial charge in [-0.05, 0) is 0 Å². The van der Waals surface area contributed by atoms with Gasteiger partial charge in [0.25, 0.3) is 0 Å². The zero-order valence-electron chi connectivity index (χ0n) is 11.0. The summed E-state index contributed by atoms with van der Waals surface area (Å²) in [7, 11) is 0. The normalized spacial score (nSPS) is 19.9. The van der Waals surface area contributed by atoms with Crippen LogP contribution >= 0.6 is 23.5 Å². The van der Waals surface area contributed by atoms with Gasteiger partial charge in [0.05, 0.1) is 0 Å². The van der Waals surface area contributed by atoms with E-state index in [2.05, 4.69) is 9.44 Å². The Bertz CT molecular complexity index is 350. The van der Waals surface area contributed by atoms with Crippen LogP contribution in [0.4, 0.5) is 9.59 Å². The molecular formula is C10H18N4O3S3. The number of carbonyl (C=O) groups excluding carboxylic acids is 2. The van der Waals surface area contributed by atoms with E-state index in [0.717, 1.165) is 23.0 Å². The molecule has 0 aromatic carbocycles. The van der Waals surface area contributed by atoms with Crippen LogP contribution in [0.5, 0.6) is 0 Å². The van der Waals surface area contributed by atoms with E-state index in [-0.39, 0.29) is 0 Å². The van der Waals surface area contributed by atoms with Gasteiger partial charge < -0.3 is 9.80 Å². The Balaban J connectivity index is 1.73. The highest BCUT2D eigenvalue weighted by Gasteiger charge is 2.21. The summed E-state index contributed by atoms with van der Waals surface area (Å²) in [5.74, 6) is 3.55. The lowest BCUT2D eigenvalue weighted by atomic mass is 10.5. The standard InChI is InChI=1S/C10H18N4O3S3/c15-9(13-1-5-18-6-2-13)11-20(17)12-10(16)14-3-7-19-8-4-14/h1-8H2,(H,11,15)(H,12,16). The van der Waals surface area contributed by atoms with Crippen molar-refractivity contribution in [3.05, 3.63) is 0 Å². The average Bonchev–Trinajstić information content (AvgIpc) is 2.49. The highest BCUT2D eigenvalue weighted by molar-refractivity contribution is 7.99. The van der Waals surface area contributed by atoms with Crippen molar-refractivity contribution >= 4 is 46.8 Å². The molecule has 2 heterocycles. The van der Waals surface area contributed by atoms with E-state index in [9.17, 15) is 13.8 Å². The number of thioether (sulfide) groups is 2. The molecule has 20 heavy (non-hydrogen) atoms. The third-order valence-electron chi connectivity index (χ3n) is 2.96. The van der Waals surface area contributed by atoms with Gasteiger partial charge in [-0.3, -0.25) is 0 Å². The highest BCUT2D eigenvalue weighted by Crippen LogP contribution is 2.10. The zero-order valence-corrected chi connectivity index (χ0v) is 13.5. The third kappa shape index (κ3) is 4.74. The maximum absolute atomic E-state index is 11.8. The zero-order chi connectivity index (χ0) is 14.4. The minimum absolute atomic E-state index is 0.391. The van der Waals surface area contributed by atoms with Gasteiger partial charge in [0.2, 0.25) is 11.2 Å². The van der Waals surface area contributed by atoms with E-state index in [1.807, 2.05) is 0 Å². The molecule has 0 aromatic rings. The van der Waals surface area contributed by atoms with E-state index in [1.54, 1.807) is 33.3 Å². The van der Waals surface area contributed by atoms with Crippen molar-refractivity contribution in [1.82, 2.24) is 19.2 Å². The Morgan fingerprint density at radius 1 is 0.800 bits per heavy atom. The Hall–Kier alpha value is -0.610. The summed E-state index contributed by atoms with van der Waals surface area (Å²) < 4.78 is 16.3. The quantitative estimate of drug-likeness (QED) is 0.745. The molecule has 0 atom stereocenters. The number of hydrogen-bond donors (Lipinski definition) is 2. The summed E-state index contributed by atoms with van der Waals surface area (Å²) in [5.41, 5.74) is 0. The fourth-order valence-electron chi connectivity index (χ4n) is 1.85. The molecule has 7 nitrogen and oxygen atoms in total. The van der Waals surface area contributed by atoms with Gasteiger partial charge in [-0.15, -0.1) is 0 Å². The SMILES string of the molecule is O=C(NS(=O)NC(=O)N1CCSCC1)N1CCSCC1. The van der Waals surface area contributed by atoms with Crippen molar-refractivity contribution in [3.63, 3.8) is 0 Å². The third-order valence-corrected chi connectivity index (χ3v) is 5.56. The molecule has 10 heteroatoms. The molecule has 4 amide bonds. The highest BCUT2D eigenvalue weighted by atomic mass is 32.2. The summed E-state index contributed by atoms with van der Waals surface area (Å²) in [6, 6.07) is -0.781. The number of urea groups is 2. The summed E-state index contributed by atoms with van der Waals surface area (Å²) in [5, 5.41) is 0. The molecule has 2 aliphatic rings. The van der Waals surface area contributed by atoms with Crippen LogP contribution in [-0.4, -0.2) is 75.3 Å². The second kappa shape index (κ2) is 7.99. The predicted octanol–water partition coefficient (Wildman–Crippen LogP) is 0.0819. The summed E-state index contributed by atoms with van der Waals surface area (Å²) in [6.07, 6.45) is 0. The van der Waals surface area contributed by atoms with Crippen LogP contribution in [0.3, 0.4) is 0 Å². The Morgan fingerprint density at radius 3 is 1.50 bits per heavy atom. The molecule has 0 spiro atoms. The lowest BCUT2D eigenvalue weighted by Crippen LogP contribution is -2.51. The van der Waals surface area contributed by atoms with Gasteiger partial charge >= 0.3 is 12.1 Å². The topological polar surface area (TPSA) is 81.8 Å². The minimum Gasteiger partial charge on any atom is -0.322 e. The maximum Gasteiger partial charge on any atom is 0.330 e. The molecule has 114 valence electrons. The molecule has 0 saturated carbocycles. The molecule has 0 unspecified atom stereocenters. The van der Waals surface area contributed by atoms with Crippen molar-refractivity contribution in [3.8, 4) is 0 Å². The van der Waals surface area contributed by atoms with E-state index < -0.39 is 23.2 Å². The van der Waals surface area contributed by atoms with E-state index in [1.165, 1.54) is 0 Å². The smallest absolute Gasteiger partial charge is 0.322 e. The number of nitrogens with one attached hydrogen (secondary N) is 2. The van der Waals surface area contributed by atoms with Crippen molar-refractivity contribution in [2.24, 2.45) is 0 Å².